The van der Waals surface area contributed by atoms with Crippen molar-refractivity contribution in [3.63, 3.8) is 0 Å². The fourth-order valence-corrected chi connectivity index (χ4v) is 2.61. The van der Waals surface area contributed by atoms with E-state index in [2.05, 4.69) is 26.6 Å². The summed E-state index contributed by atoms with van der Waals surface area (Å²) in [6.45, 7) is 0.831. The van der Waals surface area contributed by atoms with Gasteiger partial charge < -0.3 is 15.4 Å². The second-order valence-corrected chi connectivity index (χ2v) is 6.70. The summed E-state index contributed by atoms with van der Waals surface area (Å²) in [4.78, 5) is 35.5. The van der Waals surface area contributed by atoms with E-state index in [9.17, 15) is 18.8 Å². The van der Waals surface area contributed by atoms with Crippen LogP contribution < -0.4 is 10.6 Å². The summed E-state index contributed by atoms with van der Waals surface area (Å²) >= 11 is 9.07. The fourth-order valence-electron chi connectivity index (χ4n) is 2.03. The zero-order valence-electron chi connectivity index (χ0n) is 14.1. The first-order chi connectivity index (χ1) is 12.8. The molecule has 6 nitrogen and oxygen atoms in total. The average molecular weight is 458 g/mol. The first kappa shape index (κ1) is 20.9. The van der Waals surface area contributed by atoms with E-state index in [1.165, 1.54) is 12.1 Å². The fraction of sp³-hybridized carbons (Fsp3) is 0.167. The third-order valence-corrected chi connectivity index (χ3v) is 4.57. The van der Waals surface area contributed by atoms with Crippen LogP contribution in [-0.2, 0) is 14.3 Å². The number of amides is 2. The minimum Gasteiger partial charge on any atom is -0.452 e. The Morgan fingerprint density at radius 1 is 1.19 bits per heavy atom. The van der Waals surface area contributed by atoms with Crippen LogP contribution in [0.5, 0.6) is 0 Å². The van der Waals surface area contributed by atoms with Crippen LogP contribution in [-0.4, -0.2) is 30.9 Å². The van der Waals surface area contributed by atoms with E-state index < -0.39 is 30.2 Å². The number of halogens is 3. The Balaban J connectivity index is 1.80. The summed E-state index contributed by atoms with van der Waals surface area (Å²) in [6, 6.07) is 8.58. The molecule has 0 aliphatic carbocycles. The lowest BCUT2D eigenvalue weighted by Crippen LogP contribution is -2.35. The van der Waals surface area contributed by atoms with Crippen LogP contribution in [0.1, 0.15) is 15.9 Å². The highest BCUT2D eigenvalue weighted by molar-refractivity contribution is 9.10. The molecule has 142 valence electrons. The number of hydrogen-bond acceptors (Lipinski definition) is 4. The number of benzene rings is 2. The Morgan fingerprint density at radius 3 is 2.67 bits per heavy atom. The summed E-state index contributed by atoms with van der Waals surface area (Å²) in [7, 11) is 0. The minimum absolute atomic E-state index is 0.0445. The van der Waals surface area contributed by atoms with Crippen molar-refractivity contribution < 1.29 is 23.5 Å². The van der Waals surface area contributed by atoms with Gasteiger partial charge in [0.15, 0.2) is 6.61 Å². The number of hydrogen-bond donors (Lipinski definition) is 2. The van der Waals surface area contributed by atoms with Gasteiger partial charge in [0.25, 0.3) is 5.91 Å². The second-order valence-electron chi connectivity index (χ2n) is 5.44. The lowest BCUT2D eigenvalue weighted by Gasteiger charge is -2.10. The molecule has 0 heterocycles. The highest BCUT2D eigenvalue weighted by atomic mass is 79.9. The van der Waals surface area contributed by atoms with E-state index in [4.69, 9.17) is 16.3 Å². The van der Waals surface area contributed by atoms with Crippen molar-refractivity contribution in [1.82, 2.24) is 5.32 Å². The smallest absolute Gasteiger partial charge is 0.339 e. The Hall–Kier alpha value is -2.45. The van der Waals surface area contributed by atoms with Gasteiger partial charge in [0.1, 0.15) is 5.82 Å². The normalized spacial score (nSPS) is 10.2. The van der Waals surface area contributed by atoms with Crippen molar-refractivity contribution in [2.24, 2.45) is 0 Å². The van der Waals surface area contributed by atoms with Crippen molar-refractivity contribution in [1.29, 1.82) is 0 Å². The molecule has 0 radical (unpaired) electrons. The van der Waals surface area contributed by atoms with E-state index in [0.717, 1.165) is 6.07 Å². The van der Waals surface area contributed by atoms with Gasteiger partial charge in [-0.25, -0.2) is 9.18 Å². The van der Waals surface area contributed by atoms with Gasteiger partial charge in [-0.15, -0.1) is 0 Å². The van der Waals surface area contributed by atoms with Crippen molar-refractivity contribution in [2.45, 2.75) is 6.92 Å². The van der Waals surface area contributed by atoms with Crippen LogP contribution in [0.3, 0.4) is 0 Å². The molecule has 2 amide bonds. The van der Waals surface area contributed by atoms with Crippen LogP contribution in [0.25, 0.3) is 0 Å². The predicted octanol–water partition coefficient (Wildman–Crippen LogP) is 3.46. The maximum atomic E-state index is 13.2. The molecule has 0 bridgehead atoms. The second kappa shape index (κ2) is 9.48. The van der Waals surface area contributed by atoms with Gasteiger partial charge in [-0.1, -0.05) is 17.7 Å². The SMILES string of the molecule is Cc1c(Cl)cccc1NC(=O)CNC(=O)COC(=O)c1cc(F)ccc1Br. The van der Waals surface area contributed by atoms with Crippen molar-refractivity contribution in [3.8, 4) is 0 Å². The number of esters is 1. The number of ether oxygens (including phenoxy) is 1. The molecule has 2 rings (SSSR count). The van der Waals surface area contributed by atoms with Gasteiger partial charge >= 0.3 is 5.97 Å². The quantitative estimate of drug-likeness (QED) is 0.651. The summed E-state index contributed by atoms with van der Waals surface area (Å²) in [5.41, 5.74) is 1.19. The van der Waals surface area contributed by atoms with E-state index in [-0.39, 0.29) is 12.1 Å². The molecular formula is C18H15BrClFN2O4. The molecule has 0 fully saturated rings. The molecule has 0 saturated carbocycles. The monoisotopic (exact) mass is 456 g/mol. The van der Waals surface area contributed by atoms with E-state index in [1.54, 1.807) is 25.1 Å². The van der Waals surface area contributed by atoms with Gasteiger partial charge in [0.05, 0.1) is 12.1 Å². The summed E-state index contributed by atoms with van der Waals surface area (Å²) in [5, 5.41) is 5.45. The molecule has 0 unspecified atom stereocenters. The van der Waals surface area contributed by atoms with Crippen LogP contribution in [0, 0.1) is 12.7 Å². The first-order valence-electron chi connectivity index (χ1n) is 7.71. The standard InChI is InChI=1S/C18H15BrClFN2O4/c1-10-14(20)3-2-4-15(10)23-16(24)8-22-17(25)9-27-18(26)12-7-11(21)5-6-13(12)19/h2-7H,8-9H2,1H3,(H,22,25)(H,23,24). The number of carbonyl (C=O) groups excluding carboxylic acids is 3. The first-order valence-corrected chi connectivity index (χ1v) is 8.89. The van der Waals surface area contributed by atoms with E-state index >= 15 is 0 Å². The molecular weight excluding hydrogens is 443 g/mol. The van der Waals surface area contributed by atoms with E-state index in [1.807, 2.05) is 0 Å². The number of nitrogens with one attached hydrogen (secondary N) is 2. The zero-order valence-corrected chi connectivity index (χ0v) is 16.5. The molecule has 0 aromatic heterocycles. The molecule has 2 aromatic carbocycles. The zero-order chi connectivity index (χ0) is 20.0. The van der Waals surface area contributed by atoms with Gasteiger partial charge in [0.2, 0.25) is 5.91 Å². The third kappa shape index (κ3) is 6.04. The summed E-state index contributed by atoms with van der Waals surface area (Å²) < 4.78 is 18.3. The van der Waals surface area contributed by atoms with Gasteiger partial charge in [-0.3, -0.25) is 9.59 Å². The molecule has 27 heavy (non-hydrogen) atoms. The summed E-state index contributed by atoms with van der Waals surface area (Å²) in [5.74, 6) is -2.61. The Labute approximate surface area is 168 Å². The maximum absolute atomic E-state index is 13.2. The average Bonchev–Trinajstić information content (AvgIpc) is 2.63. The van der Waals surface area contributed by atoms with Gasteiger partial charge in [0, 0.05) is 15.2 Å². The molecule has 0 aliphatic heterocycles. The van der Waals surface area contributed by atoms with Crippen molar-refractivity contribution in [2.75, 3.05) is 18.5 Å². The number of anilines is 1. The molecule has 9 heteroatoms. The molecule has 0 aliphatic rings. The Kier molecular flexibility index (Phi) is 7.32. The van der Waals surface area contributed by atoms with E-state index in [0.29, 0.717) is 20.7 Å². The maximum Gasteiger partial charge on any atom is 0.339 e. The molecule has 0 saturated heterocycles. The van der Waals surface area contributed by atoms with Crippen LogP contribution >= 0.6 is 27.5 Å². The van der Waals surface area contributed by atoms with Crippen LogP contribution in [0.15, 0.2) is 40.9 Å². The summed E-state index contributed by atoms with van der Waals surface area (Å²) in [6.07, 6.45) is 0. The van der Waals surface area contributed by atoms with Crippen LogP contribution in [0.2, 0.25) is 5.02 Å². The highest BCUT2D eigenvalue weighted by Crippen LogP contribution is 2.22. The van der Waals surface area contributed by atoms with Crippen molar-refractivity contribution >= 4 is 51.0 Å². The number of rotatable bonds is 6. The highest BCUT2D eigenvalue weighted by Gasteiger charge is 2.15. The largest absolute Gasteiger partial charge is 0.452 e. The molecule has 2 N–H and O–H groups in total. The molecule has 0 atom stereocenters. The van der Waals surface area contributed by atoms with Crippen molar-refractivity contribution in [3.05, 3.63) is 62.8 Å². The lowest BCUT2D eigenvalue weighted by molar-refractivity contribution is -0.126. The predicted molar refractivity (Wildman–Crippen MR) is 102 cm³/mol. The van der Waals surface area contributed by atoms with Gasteiger partial charge in [-0.2, -0.15) is 0 Å². The Bertz CT molecular complexity index is 892. The lowest BCUT2D eigenvalue weighted by atomic mass is 10.2. The third-order valence-electron chi connectivity index (χ3n) is 3.47. The molecule has 0 spiro atoms. The minimum atomic E-state index is -0.865. The topological polar surface area (TPSA) is 84.5 Å². The Morgan fingerprint density at radius 2 is 1.93 bits per heavy atom. The van der Waals surface area contributed by atoms with Gasteiger partial charge in [-0.05, 0) is 58.7 Å². The molecule has 2 aromatic rings. The number of carbonyl (C=O) groups is 3. The van der Waals surface area contributed by atoms with Crippen LogP contribution in [0.4, 0.5) is 10.1 Å².